The summed E-state index contributed by atoms with van der Waals surface area (Å²) in [6.07, 6.45) is 1.30. The molecule has 136 valence electrons. The molecule has 0 aromatic carbocycles. The van der Waals surface area contributed by atoms with Crippen molar-refractivity contribution in [2.24, 2.45) is 7.05 Å². The van der Waals surface area contributed by atoms with Gasteiger partial charge in [-0.2, -0.15) is 5.10 Å². The molecule has 1 aliphatic rings. The summed E-state index contributed by atoms with van der Waals surface area (Å²) < 4.78 is 6.63. The van der Waals surface area contributed by atoms with Crippen molar-refractivity contribution in [3.63, 3.8) is 0 Å². The molecule has 1 aliphatic heterocycles. The lowest BCUT2D eigenvalue weighted by Gasteiger charge is -2.34. The monoisotopic (exact) mass is 346 g/mol. The van der Waals surface area contributed by atoms with Gasteiger partial charge in [-0.15, -0.1) is 0 Å². The molecule has 3 heterocycles. The summed E-state index contributed by atoms with van der Waals surface area (Å²) in [4.78, 5) is 16.8. The molecule has 1 saturated heterocycles. The van der Waals surface area contributed by atoms with Gasteiger partial charge in [0.2, 0.25) is 5.91 Å². The lowest BCUT2D eigenvalue weighted by Crippen LogP contribution is -2.48. The predicted molar refractivity (Wildman–Crippen MR) is 91.9 cm³/mol. The molecule has 0 bridgehead atoms. The van der Waals surface area contributed by atoms with Crippen LogP contribution in [0.25, 0.3) is 0 Å². The van der Waals surface area contributed by atoms with Crippen LogP contribution in [0.15, 0.2) is 4.63 Å². The summed E-state index contributed by atoms with van der Waals surface area (Å²) in [7, 11) is 1.94. The minimum Gasteiger partial charge on any atom is -0.340 e. The van der Waals surface area contributed by atoms with Crippen LogP contribution < -0.4 is 0 Å². The Kier molecular flexibility index (Phi) is 5.17. The van der Waals surface area contributed by atoms with Gasteiger partial charge >= 0.3 is 0 Å². The number of carbonyl (C=O) groups is 1. The molecule has 2 aromatic rings. The Hall–Kier alpha value is -2.22. The fourth-order valence-electron chi connectivity index (χ4n) is 3.33. The molecule has 0 spiro atoms. The average Bonchev–Trinajstić information content (AvgIpc) is 3.10. The van der Waals surface area contributed by atoms with E-state index in [2.05, 4.69) is 27.2 Å². The van der Waals surface area contributed by atoms with Crippen molar-refractivity contribution >= 4 is 5.91 Å². The number of hydrogen-bond acceptors (Lipinski definition) is 6. The van der Waals surface area contributed by atoms with Crippen molar-refractivity contribution in [2.75, 3.05) is 26.2 Å². The molecular weight excluding hydrogens is 320 g/mol. The van der Waals surface area contributed by atoms with Gasteiger partial charge in [-0.3, -0.25) is 14.4 Å². The van der Waals surface area contributed by atoms with E-state index in [1.807, 2.05) is 30.5 Å². The number of piperazine rings is 1. The Morgan fingerprint density at radius 3 is 2.36 bits per heavy atom. The minimum atomic E-state index is 0.224. The first-order chi connectivity index (χ1) is 12.0. The zero-order chi connectivity index (χ0) is 18.0. The van der Waals surface area contributed by atoms with Crippen LogP contribution >= 0.6 is 0 Å². The Bertz CT molecular complexity index is 742. The SMILES string of the molecule is Cc1nonc1CN1CCN(C(=O)CCc2c(C)nn(C)c2C)CC1. The Balaban J connectivity index is 1.47. The first-order valence-electron chi connectivity index (χ1n) is 8.73. The fourth-order valence-corrected chi connectivity index (χ4v) is 3.33. The van der Waals surface area contributed by atoms with Gasteiger partial charge in [0.25, 0.3) is 0 Å². The molecule has 3 rings (SSSR count). The third-order valence-electron chi connectivity index (χ3n) is 5.09. The van der Waals surface area contributed by atoms with Crippen molar-refractivity contribution in [3.8, 4) is 0 Å². The molecule has 0 N–H and O–H groups in total. The van der Waals surface area contributed by atoms with Crippen molar-refractivity contribution in [3.05, 3.63) is 28.3 Å². The quantitative estimate of drug-likeness (QED) is 0.804. The van der Waals surface area contributed by atoms with Crippen molar-refractivity contribution in [2.45, 2.75) is 40.2 Å². The lowest BCUT2D eigenvalue weighted by molar-refractivity contribution is -0.133. The van der Waals surface area contributed by atoms with Gasteiger partial charge < -0.3 is 4.90 Å². The zero-order valence-corrected chi connectivity index (χ0v) is 15.4. The third kappa shape index (κ3) is 3.89. The largest absolute Gasteiger partial charge is 0.340 e. The highest BCUT2D eigenvalue weighted by Gasteiger charge is 2.23. The molecule has 0 unspecified atom stereocenters. The first-order valence-corrected chi connectivity index (χ1v) is 8.73. The molecule has 0 aliphatic carbocycles. The molecule has 0 saturated carbocycles. The number of nitrogens with zero attached hydrogens (tertiary/aromatic N) is 6. The maximum Gasteiger partial charge on any atom is 0.222 e. The van der Waals surface area contributed by atoms with Crippen LogP contribution in [0.3, 0.4) is 0 Å². The molecule has 1 fully saturated rings. The van der Waals surface area contributed by atoms with Crippen LogP contribution in [0.2, 0.25) is 0 Å². The summed E-state index contributed by atoms with van der Waals surface area (Å²) in [5.41, 5.74) is 5.08. The number of rotatable bonds is 5. The highest BCUT2D eigenvalue weighted by molar-refractivity contribution is 5.76. The van der Waals surface area contributed by atoms with Gasteiger partial charge in [0.05, 0.1) is 5.69 Å². The van der Waals surface area contributed by atoms with E-state index in [9.17, 15) is 4.79 Å². The minimum absolute atomic E-state index is 0.224. The number of aromatic nitrogens is 4. The summed E-state index contributed by atoms with van der Waals surface area (Å²) in [5.74, 6) is 0.224. The van der Waals surface area contributed by atoms with E-state index in [4.69, 9.17) is 4.63 Å². The predicted octanol–water partition coefficient (Wildman–Crippen LogP) is 1.01. The molecule has 2 aromatic heterocycles. The second-order valence-electron chi connectivity index (χ2n) is 6.73. The highest BCUT2D eigenvalue weighted by atomic mass is 16.6. The lowest BCUT2D eigenvalue weighted by atomic mass is 10.1. The average molecular weight is 346 g/mol. The van der Waals surface area contributed by atoms with Crippen LogP contribution in [0.5, 0.6) is 0 Å². The summed E-state index contributed by atoms with van der Waals surface area (Å²) in [6, 6.07) is 0. The topological polar surface area (TPSA) is 80.3 Å². The van der Waals surface area contributed by atoms with E-state index in [0.29, 0.717) is 6.42 Å². The molecule has 1 amide bonds. The van der Waals surface area contributed by atoms with E-state index in [1.54, 1.807) is 0 Å². The van der Waals surface area contributed by atoms with Crippen LogP contribution in [0.1, 0.15) is 34.8 Å². The van der Waals surface area contributed by atoms with Gasteiger partial charge in [0.1, 0.15) is 11.4 Å². The van der Waals surface area contributed by atoms with E-state index < -0.39 is 0 Å². The normalized spacial score (nSPS) is 15.8. The fraction of sp³-hybridized carbons (Fsp3) is 0.647. The zero-order valence-electron chi connectivity index (χ0n) is 15.4. The smallest absolute Gasteiger partial charge is 0.222 e. The van der Waals surface area contributed by atoms with Crippen LogP contribution in [0.4, 0.5) is 0 Å². The van der Waals surface area contributed by atoms with Crippen molar-refractivity contribution in [1.82, 2.24) is 29.9 Å². The number of hydrogen-bond donors (Lipinski definition) is 0. The molecular formula is C17H26N6O2. The molecule has 0 radical (unpaired) electrons. The molecule has 8 nitrogen and oxygen atoms in total. The third-order valence-corrected chi connectivity index (χ3v) is 5.09. The number of carbonyl (C=O) groups excluding carboxylic acids is 1. The number of aryl methyl sites for hydroxylation is 3. The summed E-state index contributed by atoms with van der Waals surface area (Å²) >= 11 is 0. The summed E-state index contributed by atoms with van der Waals surface area (Å²) in [5, 5.41) is 12.2. The molecule has 8 heteroatoms. The standard InChI is InChI=1S/C17H26N6O2/c1-12-15(14(3)21(4)18-12)5-6-17(24)23-9-7-22(8-10-23)11-16-13(2)19-25-20-16/h5-11H2,1-4H3. The van der Waals surface area contributed by atoms with Crippen molar-refractivity contribution < 1.29 is 9.42 Å². The van der Waals surface area contributed by atoms with Crippen LogP contribution in [-0.4, -0.2) is 62.0 Å². The van der Waals surface area contributed by atoms with Gasteiger partial charge in [0.15, 0.2) is 0 Å². The number of amides is 1. The highest BCUT2D eigenvalue weighted by Crippen LogP contribution is 2.16. The van der Waals surface area contributed by atoms with E-state index in [1.165, 1.54) is 5.56 Å². The second kappa shape index (κ2) is 7.35. The van der Waals surface area contributed by atoms with Crippen molar-refractivity contribution in [1.29, 1.82) is 0 Å². The maximum atomic E-state index is 12.5. The molecule has 0 atom stereocenters. The van der Waals surface area contributed by atoms with E-state index in [0.717, 1.165) is 61.9 Å². The van der Waals surface area contributed by atoms with Gasteiger partial charge in [-0.25, -0.2) is 4.63 Å². The van der Waals surface area contributed by atoms with Crippen LogP contribution in [0, 0.1) is 20.8 Å². The van der Waals surface area contributed by atoms with Gasteiger partial charge in [-0.1, -0.05) is 10.3 Å². The second-order valence-corrected chi connectivity index (χ2v) is 6.73. The first kappa shape index (κ1) is 17.6. The Morgan fingerprint density at radius 2 is 1.80 bits per heavy atom. The Labute approximate surface area is 147 Å². The van der Waals surface area contributed by atoms with E-state index >= 15 is 0 Å². The van der Waals surface area contributed by atoms with Gasteiger partial charge in [-0.05, 0) is 32.8 Å². The van der Waals surface area contributed by atoms with E-state index in [-0.39, 0.29) is 5.91 Å². The van der Waals surface area contributed by atoms with Crippen LogP contribution in [-0.2, 0) is 24.8 Å². The maximum absolute atomic E-state index is 12.5. The van der Waals surface area contributed by atoms with Gasteiger partial charge in [0, 0.05) is 51.9 Å². The Morgan fingerprint density at radius 1 is 1.08 bits per heavy atom. The summed E-state index contributed by atoms with van der Waals surface area (Å²) in [6.45, 7) is 9.90. The molecule has 25 heavy (non-hydrogen) atoms.